The van der Waals surface area contributed by atoms with E-state index in [9.17, 15) is 4.79 Å². The van der Waals surface area contributed by atoms with Crippen molar-refractivity contribution in [1.29, 1.82) is 0 Å². The van der Waals surface area contributed by atoms with Gasteiger partial charge in [-0.3, -0.25) is 4.79 Å². The van der Waals surface area contributed by atoms with Crippen molar-refractivity contribution in [2.45, 2.75) is 24.6 Å². The van der Waals surface area contributed by atoms with E-state index in [0.717, 1.165) is 58.0 Å². The van der Waals surface area contributed by atoms with Crippen molar-refractivity contribution in [3.63, 3.8) is 0 Å². The smallest absolute Gasteiger partial charge is 0.258 e. The van der Waals surface area contributed by atoms with Gasteiger partial charge in [-0.15, -0.1) is 11.8 Å². The molecule has 1 saturated heterocycles. The van der Waals surface area contributed by atoms with Crippen LogP contribution < -0.4 is 10.2 Å². The molecular weight excluding hydrogens is 424 g/mol. The molecule has 4 rings (SSSR count). The van der Waals surface area contributed by atoms with Gasteiger partial charge < -0.3 is 10.2 Å². The lowest BCUT2D eigenvalue weighted by molar-refractivity contribution is 0.102. The summed E-state index contributed by atoms with van der Waals surface area (Å²) in [4.78, 5) is 24.3. The highest BCUT2D eigenvalue weighted by Crippen LogP contribution is 2.27. The van der Waals surface area contributed by atoms with Crippen molar-refractivity contribution in [3.8, 4) is 0 Å². The maximum atomic E-state index is 12.9. The first-order valence-electron chi connectivity index (χ1n) is 10.3. The number of anilines is 2. The number of benzene rings is 1. The highest BCUT2D eigenvalue weighted by atomic mass is 32.2. The second-order valence-electron chi connectivity index (χ2n) is 7.60. The summed E-state index contributed by atoms with van der Waals surface area (Å²) in [5.41, 5.74) is 4.82. The van der Waals surface area contributed by atoms with E-state index in [-0.39, 0.29) is 5.91 Å². The third kappa shape index (κ3) is 5.80. The number of aryl methyl sites for hydroxylation is 2. The standard InChI is InChI=1S/C24H26N4OS2/c1-17-12-18(2)14-20(13-17)27-23(29)21-4-3-6-26-24(21)31-16-19-5-7-25-22(15-19)28-8-10-30-11-9-28/h3-7,12-15H,8-11,16H2,1-2H3,(H,27,29). The van der Waals surface area contributed by atoms with Crippen LogP contribution in [0.5, 0.6) is 0 Å². The van der Waals surface area contributed by atoms with Crippen LogP contribution in [0, 0.1) is 13.8 Å². The first-order valence-corrected chi connectivity index (χ1v) is 12.5. The highest BCUT2D eigenvalue weighted by Gasteiger charge is 2.15. The number of carbonyl (C=O) groups is 1. The van der Waals surface area contributed by atoms with E-state index in [0.29, 0.717) is 5.56 Å². The van der Waals surface area contributed by atoms with Crippen LogP contribution in [0.1, 0.15) is 27.0 Å². The van der Waals surface area contributed by atoms with Gasteiger partial charge in [0.1, 0.15) is 10.8 Å². The van der Waals surface area contributed by atoms with Crippen molar-refractivity contribution in [3.05, 3.63) is 77.1 Å². The molecule has 7 heteroatoms. The second-order valence-corrected chi connectivity index (χ2v) is 9.79. The van der Waals surface area contributed by atoms with Crippen LogP contribution in [0.25, 0.3) is 0 Å². The number of rotatable bonds is 6. The molecule has 0 bridgehead atoms. The molecule has 1 amide bonds. The lowest BCUT2D eigenvalue weighted by Gasteiger charge is -2.27. The predicted octanol–water partition coefficient (Wildman–Crippen LogP) is 5.19. The average molecular weight is 451 g/mol. The van der Waals surface area contributed by atoms with E-state index in [4.69, 9.17) is 0 Å². The van der Waals surface area contributed by atoms with Gasteiger partial charge in [0.05, 0.1) is 5.56 Å². The molecule has 1 fully saturated rings. The fourth-order valence-electron chi connectivity index (χ4n) is 3.59. The van der Waals surface area contributed by atoms with Gasteiger partial charge in [0.25, 0.3) is 5.91 Å². The van der Waals surface area contributed by atoms with Gasteiger partial charge in [0.2, 0.25) is 0 Å². The van der Waals surface area contributed by atoms with Crippen LogP contribution in [-0.4, -0.2) is 40.5 Å². The summed E-state index contributed by atoms with van der Waals surface area (Å²) in [6, 6.07) is 13.9. The van der Waals surface area contributed by atoms with Crippen LogP contribution in [0.4, 0.5) is 11.5 Å². The lowest BCUT2D eigenvalue weighted by atomic mass is 10.1. The van der Waals surface area contributed by atoms with Crippen LogP contribution in [0.3, 0.4) is 0 Å². The van der Waals surface area contributed by atoms with Gasteiger partial charge in [-0.05, 0) is 66.9 Å². The Morgan fingerprint density at radius 3 is 2.61 bits per heavy atom. The van der Waals surface area contributed by atoms with Crippen molar-refractivity contribution in [2.24, 2.45) is 0 Å². The SMILES string of the molecule is Cc1cc(C)cc(NC(=O)c2cccnc2SCc2ccnc(N3CCSCC3)c2)c1. The Hall–Kier alpha value is -2.51. The number of thioether (sulfide) groups is 2. The summed E-state index contributed by atoms with van der Waals surface area (Å²) in [7, 11) is 0. The zero-order valence-corrected chi connectivity index (χ0v) is 19.4. The highest BCUT2D eigenvalue weighted by molar-refractivity contribution is 7.99. The molecule has 3 aromatic rings. The van der Waals surface area contributed by atoms with E-state index in [1.165, 1.54) is 5.56 Å². The Labute approximate surface area is 192 Å². The Balaban J connectivity index is 1.46. The molecule has 0 spiro atoms. The fraction of sp³-hybridized carbons (Fsp3) is 0.292. The molecule has 31 heavy (non-hydrogen) atoms. The molecule has 2 aromatic heterocycles. The summed E-state index contributed by atoms with van der Waals surface area (Å²) in [6.07, 6.45) is 3.61. The second kappa shape index (κ2) is 10.2. The first kappa shape index (κ1) is 21.7. The first-order chi connectivity index (χ1) is 15.1. The molecule has 0 aliphatic carbocycles. The fourth-order valence-corrected chi connectivity index (χ4v) is 5.43. The minimum Gasteiger partial charge on any atom is -0.355 e. The topological polar surface area (TPSA) is 58.1 Å². The summed E-state index contributed by atoms with van der Waals surface area (Å²) < 4.78 is 0. The maximum Gasteiger partial charge on any atom is 0.258 e. The molecule has 0 unspecified atom stereocenters. The van der Waals surface area contributed by atoms with Gasteiger partial charge in [-0.2, -0.15) is 11.8 Å². The molecule has 1 aromatic carbocycles. The van der Waals surface area contributed by atoms with E-state index in [2.05, 4.69) is 32.3 Å². The molecule has 160 valence electrons. The molecule has 5 nitrogen and oxygen atoms in total. The Bertz CT molecular complexity index is 1050. The van der Waals surface area contributed by atoms with Crippen LogP contribution >= 0.6 is 23.5 Å². The van der Waals surface area contributed by atoms with E-state index in [1.807, 2.05) is 56.1 Å². The Morgan fingerprint density at radius 2 is 1.84 bits per heavy atom. The monoisotopic (exact) mass is 450 g/mol. The van der Waals surface area contributed by atoms with E-state index in [1.54, 1.807) is 24.0 Å². The number of carbonyl (C=O) groups excluding carboxylic acids is 1. The summed E-state index contributed by atoms with van der Waals surface area (Å²) in [6.45, 7) is 6.13. The van der Waals surface area contributed by atoms with Crippen LogP contribution in [0.2, 0.25) is 0 Å². The number of aromatic nitrogens is 2. The van der Waals surface area contributed by atoms with E-state index >= 15 is 0 Å². The maximum absolute atomic E-state index is 12.9. The van der Waals surface area contributed by atoms with Crippen molar-refractivity contribution < 1.29 is 4.79 Å². The number of nitrogens with zero attached hydrogens (tertiary/aromatic N) is 3. The normalized spacial score (nSPS) is 13.8. The third-order valence-corrected chi connectivity index (χ3v) is 7.03. The molecule has 0 saturated carbocycles. The predicted molar refractivity (Wildman–Crippen MR) is 131 cm³/mol. The molecule has 0 atom stereocenters. The van der Waals surface area contributed by atoms with Gasteiger partial charge in [-0.25, -0.2) is 9.97 Å². The third-order valence-electron chi connectivity index (χ3n) is 5.02. The van der Waals surface area contributed by atoms with Crippen LogP contribution in [0.15, 0.2) is 59.9 Å². The Morgan fingerprint density at radius 1 is 1.06 bits per heavy atom. The number of hydrogen-bond acceptors (Lipinski definition) is 6. The minimum atomic E-state index is -0.137. The minimum absolute atomic E-state index is 0.137. The molecule has 1 N–H and O–H groups in total. The van der Waals surface area contributed by atoms with Gasteiger partial charge in [0, 0.05) is 48.4 Å². The lowest BCUT2D eigenvalue weighted by Crippen LogP contribution is -2.33. The summed E-state index contributed by atoms with van der Waals surface area (Å²) in [5.74, 6) is 3.93. The average Bonchev–Trinajstić information content (AvgIpc) is 2.78. The van der Waals surface area contributed by atoms with Gasteiger partial charge >= 0.3 is 0 Å². The number of amides is 1. The van der Waals surface area contributed by atoms with E-state index < -0.39 is 0 Å². The van der Waals surface area contributed by atoms with Gasteiger partial charge in [-0.1, -0.05) is 6.07 Å². The Kier molecular flexibility index (Phi) is 7.14. The summed E-state index contributed by atoms with van der Waals surface area (Å²) >= 11 is 3.57. The zero-order chi connectivity index (χ0) is 21.6. The molecule has 0 radical (unpaired) electrons. The number of nitrogens with one attached hydrogen (secondary N) is 1. The quantitative estimate of drug-likeness (QED) is 0.522. The van der Waals surface area contributed by atoms with Crippen molar-refractivity contribution in [2.75, 3.05) is 34.8 Å². The molecule has 1 aliphatic rings. The van der Waals surface area contributed by atoms with Crippen molar-refractivity contribution >= 4 is 40.9 Å². The molecule has 3 heterocycles. The van der Waals surface area contributed by atoms with Gasteiger partial charge in [0.15, 0.2) is 0 Å². The van der Waals surface area contributed by atoms with Crippen molar-refractivity contribution in [1.82, 2.24) is 9.97 Å². The zero-order valence-electron chi connectivity index (χ0n) is 17.8. The molecule has 1 aliphatic heterocycles. The number of pyridine rings is 2. The summed E-state index contributed by atoms with van der Waals surface area (Å²) in [5, 5.41) is 3.75. The largest absolute Gasteiger partial charge is 0.355 e. The molecular formula is C24H26N4OS2. The van der Waals surface area contributed by atoms with Crippen LogP contribution in [-0.2, 0) is 5.75 Å². The number of hydrogen-bond donors (Lipinski definition) is 1.